The first-order valence-electron chi connectivity index (χ1n) is 6.30. The van der Waals surface area contributed by atoms with Gasteiger partial charge in [0.25, 0.3) is 0 Å². The molecule has 2 aromatic rings. The van der Waals surface area contributed by atoms with Gasteiger partial charge in [0.15, 0.2) is 0 Å². The number of sulfonamides is 1. The van der Waals surface area contributed by atoms with Gasteiger partial charge in [-0.3, -0.25) is 0 Å². The van der Waals surface area contributed by atoms with Crippen LogP contribution >= 0.6 is 0 Å². The Labute approximate surface area is 127 Å². The highest BCUT2D eigenvalue weighted by Crippen LogP contribution is 2.31. The maximum absolute atomic E-state index is 14.1. The largest absolute Gasteiger partial charge is 0.478 e. The van der Waals surface area contributed by atoms with Crippen LogP contribution < -0.4 is 0 Å². The van der Waals surface area contributed by atoms with Gasteiger partial charge in [0.05, 0.1) is 10.5 Å². The van der Waals surface area contributed by atoms with E-state index in [1.54, 1.807) is 6.07 Å². The standard InChI is InChI=1S/C15H14FNO4S/c1-17(2)22(20,21)14-6-4-3-5-11(14)12-9-10(15(18)19)7-8-13(12)16/h3-9H,1-2H3,(H,18,19). The molecule has 0 heterocycles. The molecule has 0 fully saturated rings. The van der Waals surface area contributed by atoms with Gasteiger partial charge >= 0.3 is 5.97 Å². The summed E-state index contributed by atoms with van der Waals surface area (Å²) < 4.78 is 39.8. The van der Waals surface area contributed by atoms with Gasteiger partial charge in [-0.15, -0.1) is 0 Å². The molecule has 0 atom stereocenters. The Hall–Kier alpha value is -2.25. The Kier molecular flexibility index (Phi) is 4.30. The first kappa shape index (κ1) is 16.1. The van der Waals surface area contributed by atoms with Crippen LogP contribution in [0.5, 0.6) is 0 Å². The van der Waals surface area contributed by atoms with E-state index in [1.165, 1.54) is 32.3 Å². The molecule has 0 aliphatic carbocycles. The van der Waals surface area contributed by atoms with Crippen LogP contribution in [0.2, 0.25) is 0 Å². The van der Waals surface area contributed by atoms with Gasteiger partial charge in [-0.2, -0.15) is 0 Å². The van der Waals surface area contributed by atoms with Crippen molar-refractivity contribution in [1.29, 1.82) is 0 Å². The number of halogens is 1. The second-order valence-corrected chi connectivity index (χ2v) is 6.90. The van der Waals surface area contributed by atoms with E-state index in [0.717, 1.165) is 22.5 Å². The van der Waals surface area contributed by atoms with Gasteiger partial charge in [-0.05, 0) is 24.3 Å². The highest BCUT2D eigenvalue weighted by Gasteiger charge is 2.23. The van der Waals surface area contributed by atoms with Gasteiger partial charge in [0, 0.05) is 25.2 Å². The molecule has 22 heavy (non-hydrogen) atoms. The first-order valence-corrected chi connectivity index (χ1v) is 7.74. The highest BCUT2D eigenvalue weighted by molar-refractivity contribution is 7.89. The van der Waals surface area contributed by atoms with Gasteiger partial charge in [-0.1, -0.05) is 18.2 Å². The Morgan fingerprint density at radius 2 is 1.73 bits per heavy atom. The van der Waals surface area contributed by atoms with Crippen LogP contribution in [-0.4, -0.2) is 37.9 Å². The minimum Gasteiger partial charge on any atom is -0.478 e. The van der Waals surface area contributed by atoms with Crippen LogP contribution in [0.4, 0.5) is 4.39 Å². The van der Waals surface area contributed by atoms with Gasteiger partial charge < -0.3 is 5.11 Å². The molecule has 7 heteroatoms. The zero-order valence-electron chi connectivity index (χ0n) is 11.9. The average molecular weight is 323 g/mol. The summed E-state index contributed by atoms with van der Waals surface area (Å²) in [6, 6.07) is 9.16. The van der Waals surface area contributed by atoms with Crippen molar-refractivity contribution in [3.63, 3.8) is 0 Å². The Balaban J connectivity index is 2.75. The van der Waals surface area contributed by atoms with Crippen molar-refractivity contribution >= 4 is 16.0 Å². The number of carboxylic acids is 1. The molecule has 116 valence electrons. The third kappa shape index (κ3) is 2.86. The summed E-state index contributed by atoms with van der Waals surface area (Å²) in [5.41, 5.74) is -0.0637. The molecule has 0 aliphatic rings. The van der Waals surface area contributed by atoms with Gasteiger partial charge in [0.1, 0.15) is 5.82 Å². The summed E-state index contributed by atoms with van der Waals surface area (Å²) >= 11 is 0. The molecule has 0 bridgehead atoms. The molecule has 2 aromatic carbocycles. The third-order valence-electron chi connectivity index (χ3n) is 3.15. The number of carboxylic acid groups (broad SMARTS) is 1. The van der Waals surface area contributed by atoms with Crippen molar-refractivity contribution < 1.29 is 22.7 Å². The molecule has 0 amide bonds. The van der Waals surface area contributed by atoms with Crippen molar-refractivity contribution in [3.8, 4) is 11.1 Å². The molecule has 0 saturated carbocycles. The van der Waals surface area contributed by atoms with E-state index in [-0.39, 0.29) is 21.6 Å². The summed E-state index contributed by atoms with van der Waals surface area (Å²) in [6.45, 7) is 0. The minimum atomic E-state index is -3.79. The summed E-state index contributed by atoms with van der Waals surface area (Å²) in [7, 11) is -1.04. The molecule has 5 nitrogen and oxygen atoms in total. The number of rotatable bonds is 4. The summed E-state index contributed by atoms with van der Waals surface area (Å²) in [4.78, 5) is 11.0. The zero-order valence-corrected chi connectivity index (χ0v) is 12.8. The maximum atomic E-state index is 14.1. The summed E-state index contributed by atoms with van der Waals surface area (Å²) in [5, 5.41) is 9.02. The Bertz CT molecular complexity index is 831. The SMILES string of the molecule is CN(C)S(=O)(=O)c1ccccc1-c1cc(C(=O)O)ccc1F. The smallest absolute Gasteiger partial charge is 0.335 e. The lowest BCUT2D eigenvalue weighted by atomic mass is 10.0. The predicted molar refractivity (Wildman–Crippen MR) is 79.7 cm³/mol. The molecular weight excluding hydrogens is 309 g/mol. The van der Waals surface area contributed by atoms with E-state index in [2.05, 4.69) is 0 Å². The van der Waals surface area contributed by atoms with Gasteiger partial charge in [-0.25, -0.2) is 21.9 Å². The molecular formula is C15H14FNO4S. The topological polar surface area (TPSA) is 74.7 Å². The summed E-state index contributed by atoms with van der Waals surface area (Å²) in [5.74, 6) is -1.90. The fourth-order valence-electron chi connectivity index (χ4n) is 1.98. The second-order valence-electron chi connectivity index (χ2n) is 4.78. The monoisotopic (exact) mass is 323 g/mol. The summed E-state index contributed by atoms with van der Waals surface area (Å²) in [6.07, 6.45) is 0. The number of benzene rings is 2. The van der Waals surface area contributed by atoms with Crippen LogP contribution in [-0.2, 0) is 10.0 Å². The minimum absolute atomic E-state index is 0.0686. The fourth-order valence-corrected chi connectivity index (χ4v) is 3.08. The highest BCUT2D eigenvalue weighted by atomic mass is 32.2. The number of nitrogens with zero attached hydrogens (tertiary/aromatic N) is 1. The average Bonchev–Trinajstić information content (AvgIpc) is 2.47. The molecule has 0 unspecified atom stereocenters. The third-order valence-corrected chi connectivity index (χ3v) is 5.02. The zero-order chi connectivity index (χ0) is 16.5. The van der Waals surface area contributed by atoms with Crippen LogP contribution in [0.25, 0.3) is 11.1 Å². The van der Waals surface area contributed by atoms with E-state index in [0.29, 0.717) is 0 Å². The first-order chi connectivity index (χ1) is 10.2. The van der Waals surface area contributed by atoms with E-state index >= 15 is 0 Å². The molecule has 0 aromatic heterocycles. The van der Waals surface area contributed by atoms with Crippen LogP contribution in [0.3, 0.4) is 0 Å². The number of aromatic carboxylic acids is 1. The Morgan fingerprint density at radius 3 is 2.32 bits per heavy atom. The normalized spacial score (nSPS) is 11.6. The van der Waals surface area contributed by atoms with E-state index in [9.17, 15) is 17.6 Å². The molecule has 1 N–H and O–H groups in total. The molecule has 0 aliphatic heterocycles. The van der Waals surface area contributed by atoms with Crippen LogP contribution in [0.1, 0.15) is 10.4 Å². The molecule has 2 rings (SSSR count). The van der Waals surface area contributed by atoms with Crippen molar-refractivity contribution in [2.75, 3.05) is 14.1 Å². The van der Waals surface area contributed by atoms with E-state index in [1.807, 2.05) is 0 Å². The number of hydrogen-bond acceptors (Lipinski definition) is 3. The lowest BCUT2D eigenvalue weighted by Gasteiger charge is -2.15. The number of carbonyl (C=O) groups is 1. The van der Waals surface area contributed by atoms with Crippen molar-refractivity contribution in [3.05, 3.63) is 53.8 Å². The lowest BCUT2D eigenvalue weighted by Crippen LogP contribution is -2.22. The second kappa shape index (κ2) is 5.86. The van der Waals surface area contributed by atoms with Crippen LogP contribution in [0.15, 0.2) is 47.4 Å². The molecule has 0 saturated heterocycles. The predicted octanol–water partition coefficient (Wildman–Crippen LogP) is 2.44. The fraction of sp³-hybridized carbons (Fsp3) is 0.133. The molecule has 0 spiro atoms. The van der Waals surface area contributed by atoms with Crippen molar-refractivity contribution in [1.82, 2.24) is 4.31 Å². The molecule has 0 radical (unpaired) electrons. The van der Waals surface area contributed by atoms with Gasteiger partial charge in [0.2, 0.25) is 10.0 Å². The van der Waals surface area contributed by atoms with E-state index in [4.69, 9.17) is 5.11 Å². The van der Waals surface area contributed by atoms with E-state index < -0.39 is 21.8 Å². The van der Waals surface area contributed by atoms with Crippen molar-refractivity contribution in [2.24, 2.45) is 0 Å². The lowest BCUT2D eigenvalue weighted by molar-refractivity contribution is 0.0697. The Morgan fingerprint density at radius 1 is 1.09 bits per heavy atom. The quantitative estimate of drug-likeness (QED) is 0.938. The van der Waals surface area contributed by atoms with Crippen LogP contribution in [0, 0.1) is 5.82 Å². The van der Waals surface area contributed by atoms with Crippen molar-refractivity contribution in [2.45, 2.75) is 4.90 Å². The maximum Gasteiger partial charge on any atom is 0.335 e. The number of hydrogen-bond donors (Lipinski definition) is 1.